The van der Waals surface area contributed by atoms with Gasteiger partial charge in [-0.2, -0.15) is 9.37 Å². The molecule has 35 heavy (non-hydrogen) atoms. The van der Waals surface area contributed by atoms with Crippen LogP contribution in [0.3, 0.4) is 0 Å². The van der Waals surface area contributed by atoms with Crippen molar-refractivity contribution in [3.05, 3.63) is 46.9 Å². The maximum absolute atomic E-state index is 15.3. The summed E-state index contributed by atoms with van der Waals surface area (Å²) < 4.78 is 30.0. The molecule has 0 spiro atoms. The number of hydrogen-bond acceptors (Lipinski definition) is 7. The summed E-state index contributed by atoms with van der Waals surface area (Å²) in [5.74, 6) is -0.0509. The number of aromatic hydroxyl groups is 1. The Bertz CT molecular complexity index is 1280. The Labute approximate surface area is 201 Å². The second kappa shape index (κ2) is 9.31. The Morgan fingerprint density at radius 2 is 1.97 bits per heavy atom. The number of phenolic OH excluding ortho intramolecular Hbond substituents is 1. The van der Waals surface area contributed by atoms with Gasteiger partial charge in [-0.25, -0.2) is 14.2 Å². The zero-order valence-electron chi connectivity index (χ0n) is 19.7. The first kappa shape index (κ1) is 23.3. The lowest BCUT2D eigenvalue weighted by molar-refractivity contribution is 0.130. The van der Waals surface area contributed by atoms with Crippen LogP contribution in [0.5, 0.6) is 5.75 Å². The molecule has 2 fully saturated rings. The van der Waals surface area contributed by atoms with E-state index in [4.69, 9.17) is 0 Å². The summed E-state index contributed by atoms with van der Waals surface area (Å²) in [6.45, 7) is 2.04. The smallest absolute Gasteiger partial charge is 0.350 e. The zero-order valence-corrected chi connectivity index (χ0v) is 19.7. The lowest BCUT2D eigenvalue weighted by Crippen LogP contribution is -2.49. The Morgan fingerprint density at radius 3 is 2.60 bits per heavy atom. The fraction of sp³-hybridized carbons (Fsp3) is 0.480. The van der Waals surface area contributed by atoms with Crippen molar-refractivity contribution in [2.24, 2.45) is 13.0 Å². The Hall–Kier alpha value is -3.43. The van der Waals surface area contributed by atoms with Gasteiger partial charge in [0.1, 0.15) is 11.9 Å². The average molecular weight is 483 g/mol. The summed E-state index contributed by atoms with van der Waals surface area (Å²) in [6.07, 6.45) is 6.23. The van der Waals surface area contributed by atoms with Crippen LogP contribution in [0.15, 0.2) is 35.3 Å². The molecule has 0 aliphatic heterocycles. The first-order valence-electron chi connectivity index (χ1n) is 12.1. The van der Waals surface area contributed by atoms with Crippen LogP contribution in [0.1, 0.15) is 45.4 Å². The van der Waals surface area contributed by atoms with Gasteiger partial charge in [0, 0.05) is 24.7 Å². The largest absolute Gasteiger partial charge is 0.507 e. The van der Waals surface area contributed by atoms with E-state index in [0.29, 0.717) is 16.9 Å². The van der Waals surface area contributed by atoms with Gasteiger partial charge in [-0.3, -0.25) is 4.57 Å². The minimum absolute atomic E-state index is 0.0680. The van der Waals surface area contributed by atoms with Crippen LogP contribution in [-0.2, 0) is 7.05 Å². The van der Waals surface area contributed by atoms with E-state index in [9.17, 15) is 14.3 Å². The van der Waals surface area contributed by atoms with Crippen molar-refractivity contribution < 1.29 is 13.9 Å². The van der Waals surface area contributed by atoms with Crippen LogP contribution in [0.4, 0.5) is 14.6 Å². The van der Waals surface area contributed by atoms with Crippen molar-refractivity contribution in [3.8, 4) is 28.4 Å². The van der Waals surface area contributed by atoms with Gasteiger partial charge in [0.25, 0.3) is 0 Å². The second-order valence-corrected chi connectivity index (χ2v) is 9.43. The van der Waals surface area contributed by atoms with Gasteiger partial charge in [-0.1, -0.05) is 25.8 Å². The van der Waals surface area contributed by atoms with E-state index in [1.54, 1.807) is 18.3 Å². The molecule has 0 bridgehead atoms. The molecule has 0 saturated heterocycles. The van der Waals surface area contributed by atoms with Gasteiger partial charge < -0.3 is 10.0 Å². The van der Waals surface area contributed by atoms with E-state index in [1.165, 1.54) is 13.1 Å². The minimum atomic E-state index is -0.902. The fourth-order valence-corrected chi connectivity index (χ4v) is 4.97. The minimum Gasteiger partial charge on any atom is -0.507 e. The van der Waals surface area contributed by atoms with Crippen LogP contribution in [0.2, 0.25) is 0 Å². The molecular weight excluding hydrogens is 454 g/mol. The maximum Gasteiger partial charge on any atom is 0.350 e. The predicted octanol–water partition coefficient (Wildman–Crippen LogP) is 4.03. The van der Waals surface area contributed by atoms with Crippen LogP contribution >= 0.6 is 0 Å². The molecule has 184 valence electrons. The number of aromatic nitrogens is 5. The summed E-state index contributed by atoms with van der Waals surface area (Å²) in [5.41, 5.74) is 0.0949. The fourth-order valence-electron chi connectivity index (χ4n) is 4.97. The highest BCUT2D eigenvalue weighted by molar-refractivity contribution is 5.71. The number of phenols is 1. The molecule has 5 rings (SSSR count). The van der Waals surface area contributed by atoms with E-state index in [2.05, 4.69) is 25.1 Å². The van der Waals surface area contributed by atoms with Crippen molar-refractivity contribution in [3.63, 3.8) is 0 Å². The van der Waals surface area contributed by atoms with E-state index in [-0.39, 0.29) is 35.3 Å². The molecule has 2 aliphatic rings. The summed E-state index contributed by atoms with van der Waals surface area (Å²) >= 11 is 0. The monoisotopic (exact) mass is 482 g/mol. The number of nitrogens with zero attached hydrogens (tertiary/aromatic N) is 6. The van der Waals surface area contributed by atoms with Crippen molar-refractivity contribution >= 4 is 5.82 Å². The zero-order chi connectivity index (χ0) is 24.7. The number of anilines is 1. The Balaban J connectivity index is 1.41. The molecule has 0 radical (unpaired) electrons. The molecule has 10 heteroatoms. The summed E-state index contributed by atoms with van der Waals surface area (Å²) in [5, 5.41) is 19.2. The van der Waals surface area contributed by atoms with Gasteiger partial charge in [0.15, 0.2) is 17.6 Å². The van der Waals surface area contributed by atoms with Gasteiger partial charge in [-0.05, 0) is 43.7 Å². The van der Waals surface area contributed by atoms with E-state index in [1.807, 2.05) is 6.92 Å². The third-order valence-electron chi connectivity index (χ3n) is 7.14. The first-order chi connectivity index (χ1) is 16.9. The molecule has 0 amide bonds. The Kier molecular flexibility index (Phi) is 6.21. The van der Waals surface area contributed by atoms with Crippen molar-refractivity contribution in [1.29, 1.82) is 0 Å². The average Bonchev–Trinajstić information content (AvgIpc) is 3.69. The van der Waals surface area contributed by atoms with E-state index < -0.39 is 17.8 Å². The maximum atomic E-state index is 15.3. The van der Waals surface area contributed by atoms with Crippen LogP contribution in [-0.4, -0.2) is 48.1 Å². The molecule has 8 nitrogen and oxygen atoms in total. The molecule has 2 saturated carbocycles. The first-order valence-corrected chi connectivity index (χ1v) is 12.1. The molecular formula is C25H28F2N6O2. The third-order valence-corrected chi connectivity index (χ3v) is 7.14. The number of halogens is 2. The van der Waals surface area contributed by atoms with Gasteiger partial charge >= 0.3 is 5.69 Å². The van der Waals surface area contributed by atoms with Gasteiger partial charge in [0.05, 0.1) is 23.5 Å². The molecule has 3 atom stereocenters. The SMILES string of the molecule is CC[C@@H]1CCC[C@H](N(c2cnc(-c3ccc(-c4cc(F)n(C)c(=O)n4)cc3O)nn2)C2CC2)[C@@H]1F. The van der Waals surface area contributed by atoms with Crippen molar-refractivity contribution in [2.75, 3.05) is 4.90 Å². The molecule has 1 aromatic carbocycles. The lowest BCUT2D eigenvalue weighted by atomic mass is 9.81. The third kappa shape index (κ3) is 4.49. The standard InChI is InChI=1S/C25H28F2N6O2/c1-3-14-5-4-6-19(23(14)27)33(16-8-9-16)22-13-28-24(31-30-22)17-10-7-15(11-20(17)34)18-12-21(26)32(2)25(35)29-18/h7,10-14,16,19,23,34H,3-6,8-9H2,1-2H3/t14-,19+,23-/m1/s1. The van der Waals surface area contributed by atoms with Crippen LogP contribution < -0.4 is 10.6 Å². The second-order valence-electron chi connectivity index (χ2n) is 9.43. The van der Waals surface area contributed by atoms with Crippen molar-refractivity contribution in [1.82, 2.24) is 24.7 Å². The highest BCUT2D eigenvalue weighted by Crippen LogP contribution is 2.40. The van der Waals surface area contributed by atoms with Crippen LogP contribution in [0, 0.1) is 11.9 Å². The molecule has 2 aliphatic carbocycles. The quantitative estimate of drug-likeness (QED) is 0.530. The topological polar surface area (TPSA) is 97.0 Å². The normalized spacial score (nSPS) is 22.2. The summed E-state index contributed by atoms with van der Waals surface area (Å²) in [7, 11) is 1.29. The summed E-state index contributed by atoms with van der Waals surface area (Å²) in [4.78, 5) is 22.1. The van der Waals surface area contributed by atoms with Gasteiger partial charge in [-0.15, -0.1) is 10.2 Å². The van der Waals surface area contributed by atoms with E-state index in [0.717, 1.165) is 49.2 Å². The van der Waals surface area contributed by atoms with E-state index >= 15 is 4.39 Å². The van der Waals surface area contributed by atoms with Crippen LogP contribution in [0.25, 0.3) is 22.6 Å². The molecule has 2 aromatic heterocycles. The lowest BCUT2D eigenvalue weighted by Gasteiger charge is -2.40. The number of rotatable bonds is 6. The molecule has 3 aromatic rings. The highest BCUT2D eigenvalue weighted by atomic mass is 19.1. The number of alkyl halides is 1. The molecule has 2 heterocycles. The van der Waals surface area contributed by atoms with Crippen molar-refractivity contribution in [2.45, 2.75) is 63.7 Å². The molecule has 1 N–H and O–H groups in total. The van der Waals surface area contributed by atoms with Gasteiger partial charge in [0.2, 0.25) is 0 Å². The predicted molar refractivity (Wildman–Crippen MR) is 127 cm³/mol. The number of benzene rings is 1. The number of hydrogen-bond donors (Lipinski definition) is 1. The molecule has 0 unspecified atom stereocenters. The Morgan fingerprint density at radius 1 is 1.17 bits per heavy atom. The summed E-state index contributed by atoms with van der Waals surface area (Å²) in [6, 6.07) is 5.72. The highest BCUT2D eigenvalue weighted by Gasteiger charge is 2.42.